The van der Waals surface area contributed by atoms with E-state index < -0.39 is 0 Å². The van der Waals surface area contributed by atoms with Gasteiger partial charge in [-0.15, -0.1) is 6.58 Å². The Kier molecular flexibility index (Phi) is 4.73. The highest BCUT2D eigenvalue weighted by atomic mass is 79.9. The van der Waals surface area contributed by atoms with Crippen molar-refractivity contribution in [1.29, 1.82) is 0 Å². The molecule has 0 fully saturated rings. The lowest BCUT2D eigenvalue weighted by Gasteiger charge is -2.09. The zero-order chi connectivity index (χ0) is 14.5. The van der Waals surface area contributed by atoms with E-state index in [-0.39, 0.29) is 5.56 Å². The number of rotatable bonds is 6. The average molecular weight is 338 g/mol. The lowest BCUT2D eigenvalue weighted by Crippen LogP contribution is -2.24. The zero-order valence-corrected chi connectivity index (χ0v) is 12.8. The van der Waals surface area contributed by atoms with Crippen LogP contribution in [-0.2, 0) is 20.0 Å². The maximum atomic E-state index is 12.0. The smallest absolute Gasteiger partial charge is 0.283 e. The molecule has 0 aliphatic heterocycles. The van der Waals surface area contributed by atoms with E-state index in [0.717, 1.165) is 12.1 Å². The molecule has 0 saturated carbocycles. The minimum atomic E-state index is -0.171. The molecule has 0 spiro atoms. The van der Waals surface area contributed by atoms with Crippen molar-refractivity contribution in [3.8, 4) is 0 Å². The molecule has 106 valence electrons. The second-order valence-electron chi connectivity index (χ2n) is 4.27. The Bertz CT molecular complexity index is 661. The van der Waals surface area contributed by atoms with Gasteiger partial charge in [0.15, 0.2) is 0 Å². The molecule has 2 heterocycles. The van der Waals surface area contributed by atoms with E-state index in [0.29, 0.717) is 23.2 Å². The molecule has 0 amide bonds. The summed E-state index contributed by atoms with van der Waals surface area (Å²) >= 11 is 3.31. The van der Waals surface area contributed by atoms with Gasteiger partial charge in [-0.2, -0.15) is 10.2 Å². The van der Waals surface area contributed by atoms with Crippen LogP contribution in [0.5, 0.6) is 0 Å². The van der Waals surface area contributed by atoms with Crippen LogP contribution in [0.25, 0.3) is 0 Å². The first-order valence-electron chi connectivity index (χ1n) is 6.20. The van der Waals surface area contributed by atoms with Crippen LogP contribution in [0.15, 0.2) is 40.4 Å². The molecular formula is C13H16BrN5O. The van der Waals surface area contributed by atoms with Crippen LogP contribution in [0.2, 0.25) is 0 Å². The van der Waals surface area contributed by atoms with Gasteiger partial charge in [0.25, 0.3) is 5.56 Å². The van der Waals surface area contributed by atoms with E-state index in [1.54, 1.807) is 18.5 Å². The number of hydrogen-bond acceptors (Lipinski definition) is 4. The summed E-state index contributed by atoms with van der Waals surface area (Å²) in [7, 11) is 1.91. The summed E-state index contributed by atoms with van der Waals surface area (Å²) in [5, 5.41) is 11.4. The molecule has 0 aliphatic carbocycles. The zero-order valence-electron chi connectivity index (χ0n) is 11.2. The van der Waals surface area contributed by atoms with Crippen molar-refractivity contribution in [3.05, 3.63) is 51.6 Å². The van der Waals surface area contributed by atoms with E-state index in [1.807, 2.05) is 17.8 Å². The molecule has 2 rings (SSSR count). The fraction of sp³-hybridized carbons (Fsp3) is 0.308. The van der Waals surface area contributed by atoms with E-state index in [2.05, 4.69) is 38.0 Å². The predicted octanol–water partition coefficient (Wildman–Crippen LogP) is 1.58. The normalized spacial score (nSPS) is 10.5. The third-order valence-corrected chi connectivity index (χ3v) is 3.67. The van der Waals surface area contributed by atoms with Crippen molar-refractivity contribution in [1.82, 2.24) is 19.6 Å². The summed E-state index contributed by atoms with van der Waals surface area (Å²) in [6.07, 6.45) is 5.86. The minimum absolute atomic E-state index is 0.171. The van der Waals surface area contributed by atoms with E-state index in [1.165, 1.54) is 4.68 Å². The Balaban J connectivity index is 2.03. The standard InChI is InChI=1S/C13H16BrN5O/c1-3-8-19-13(20)12(14)11(9-17-19)15-6-4-10-5-7-16-18(10)2/h3,5,7,9,15H,1,4,6,8H2,2H3. The summed E-state index contributed by atoms with van der Waals surface area (Å²) < 4.78 is 3.67. The first-order chi connectivity index (χ1) is 9.63. The second kappa shape index (κ2) is 6.51. The maximum Gasteiger partial charge on any atom is 0.283 e. The first-order valence-corrected chi connectivity index (χ1v) is 7.00. The number of halogens is 1. The van der Waals surface area contributed by atoms with E-state index >= 15 is 0 Å². The van der Waals surface area contributed by atoms with Gasteiger partial charge in [0.1, 0.15) is 4.47 Å². The number of hydrogen-bond donors (Lipinski definition) is 1. The highest BCUT2D eigenvalue weighted by molar-refractivity contribution is 9.10. The number of anilines is 1. The summed E-state index contributed by atoms with van der Waals surface area (Å²) in [5.74, 6) is 0. The van der Waals surface area contributed by atoms with Crippen molar-refractivity contribution in [2.45, 2.75) is 13.0 Å². The van der Waals surface area contributed by atoms with Gasteiger partial charge in [0.2, 0.25) is 0 Å². The van der Waals surface area contributed by atoms with E-state index in [9.17, 15) is 4.79 Å². The Hall–Kier alpha value is -1.89. The molecular weight excluding hydrogens is 322 g/mol. The fourth-order valence-electron chi connectivity index (χ4n) is 1.81. The van der Waals surface area contributed by atoms with E-state index in [4.69, 9.17) is 0 Å². The molecule has 0 aliphatic rings. The maximum absolute atomic E-state index is 12.0. The minimum Gasteiger partial charge on any atom is -0.382 e. The number of aromatic nitrogens is 4. The highest BCUT2D eigenvalue weighted by Crippen LogP contribution is 2.16. The van der Waals surface area contributed by atoms with Crippen LogP contribution < -0.4 is 10.9 Å². The monoisotopic (exact) mass is 337 g/mol. The Morgan fingerprint density at radius 2 is 2.30 bits per heavy atom. The predicted molar refractivity (Wildman–Crippen MR) is 81.8 cm³/mol. The van der Waals surface area contributed by atoms with Crippen molar-refractivity contribution < 1.29 is 0 Å². The number of nitrogens with zero attached hydrogens (tertiary/aromatic N) is 4. The van der Waals surface area contributed by atoms with Gasteiger partial charge in [-0.05, 0) is 22.0 Å². The topological polar surface area (TPSA) is 64.7 Å². The first kappa shape index (κ1) is 14.5. The molecule has 0 saturated heterocycles. The number of aryl methyl sites for hydroxylation is 1. The Labute approximate surface area is 125 Å². The largest absolute Gasteiger partial charge is 0.382 e. The summed E-state index contributed by atoms with van der Waals surface area (Å²) in [6.45, 7) is 4.69. The molecule has 7 heteroatoms. The number of nitrogens with one attached hydrogen (secondary N) is 1. The SMILES string of the molecule is C=CCn1ncc(NCCc2ccnn2C)c(Br)c1=O. The Morgan fingerprint density at radius 1 is 1.50 bits per heavy atom. The molecule has 1 N–H and O–H groups in total. The van der Waals surface area contributed by atoms with Gasteiger partial charge in [0.05, 0.1) is 18.4 Å². The Morgan fingerprint density at radius 3 is 2.95 bits per heavy atom. The van der Waals surface area contributed by atoms with Gasteiger partial charge in [-0.1, -0.05) is 6.08 Å². The van der Waals surface area contributed by atoms with Crippen molar-refractivity contribution in [3.63, 3.8) is 0 Å². The van der Waals surface area contributed by atoms with Gasteiger partial charge in [-0.25, -0.2) is 4.68 Å². The van der Waals surface area contributed by atoms with Crippen LogP contribution in [0, 0.1) is 0 Å². The molecule has 0 atom stereocenters. The van der Waals surface area contributed by atoms with Gasteiger partial charge < -0.3 is 5.32 Å². The van der Waals surface area contributed by atoms with Gasteiger partial charge >= 0.3 is 0 Å². The summed E-state index contributed by atoms with van der Waals surface area (Å²) in [4.78, 5) is 12.0. The van der Waals surface area contributed by atoms with Crippen molar-refractivity contribution in [2.75, 3.05) is 11.9 Å². The third kappa shape index (κ3) is 3.16. The summed E-state index contributed by atoms with van der Waals surface area (Å²) in [5.41, 5.74) is 1.65. The summed E-state index contributed by atoms with van der Waals surface area (Å²) in [6, 6.07) is 1.97. The second-order valence-corrected chi connectivity index (χ2v) is 5.06. The third-order valence-electron chi connectivity index (χ3n) is 2.91. The lowest BCUT2D eigenvalue weighted by molar-refractivity contribution is 0.648. The van der Waals surface area contributed by atoms with Crippen molar-refractivity contribution in [2.24, 2.45) is 7.05 Å². The van der Waals surface area contributed by atoms with Gasteiger partial charge in [0, 0.05) is 31.9 Å². The molecule has 2 aromatic heterocycles. The molecule has 0 aromatic carbocycles. The fourth-order valence-corrected chi connectivity index (χ4v) is 2.26. The molecule has 20 heavy (non-hydrogen) atoms. The molecule has 2 aromatic rings. The van der Waals surface area contributed by atoms with Crippen LogP contribution >= 0.6 is 15.9 Å². The molecule has 0 unspecified atom stereocenters. The van der Waals surface area contributed by atoms with Crippen LogP contribution in [0.4, 0.5) is 5.69 Å². The van der Waals surface area contributed by atoms with Crippen LogP contribution in [0.1, 0.15) is 5.69 Å². The van der Waals surface area contributed by atoms with Crippen LogP contribution in [0.3, 0.4) is 0 Å². The number of allylic oxidation sites excluding steroid dienone is 1. The molecule has 0 radical (unpaired) electrons. The van der Waals surface area contributed by atoms with Crippen LogP contribution in [-0.4, -0.2) is 26.1 Å². The highest BCUT2D eigenvalue weighted by Gasteiger charge is 2.08. The molecule has 0 bridgehead atoms. The lowest BCUT2D eigenvalue weighted by atomic mass is 10.3. The molecule has 6 nitrogen and oxygen atoms in total. The van der Waals surface area contributed by atoms with Gasteiger partial charge in [-0.3, -0.25) is 9.48 Å². The quantitative estimate of drug-likeness (QED) is 0.813. The van der Waals surface area contributed by atoms with Crippen molar-refractivity contribution >= 4 is 21.6 Å². The average Bonchev–Trinajstić information content (AvgIpc) is 2.84.